The fourth-order valence-electron chi connectivity index (χ4n) is 2.57. The van der Waals surface area contributed by atoms with Gasteiger partial charge in [-0.2, -0.15) is 0 Å². The van der Waals surface area contributed by atoms with Crippen LogP contribution >= 0.6 is 0 Å². The fraction of sp³-hybridized carbons (Fsp3) is 0.312. The van der Waals surface area contributed by atoms with Gasteiger partial charge in [-0.05, 0) is 30.5 Å². The molecule has 1 N–H and O–H groups in total. The molecule has 3 rings (SSSR count). The summed E-state index contributed by atoms with van der Waals surface area (Å²) >= 11 is 0. The Morgan fingerprint density at radius 3 is 2.75 bits per heavy atom. The van der Waals surface area contributed by atoms with Gasteiger partial charge in [-0.3, -0.25) is 4.79 Å². The molecular weight excluding hydrogens is 330 g/mol. The average Bonchev–Trinajstić information content (AvgIpc) is 2.93. The van der Waals surface area contributed by atoms with Gasteiger partial charge in [0.15, 0.2) is 0 Å². The van der Waals surface area contributed by atoms with Crippen molar-refractivity contribution < 1.29 is 17.9 Å². The summed E-state index contributed by atoms with van der Waals surface area (Å²) in [7, 11) is -3.82. The van der Waals surface area contributed by atoms with Crippen LogP contribution in [0.2, 0.25) is 0 Å². The molecule has 1 aromatic carbocycles. The Kier molecular flexibility index (Phi) is 4.33. The van der Waals surface area contributed by atoms with E-state index in [-0.39, 0.29) is 11.3 Å². The van der Waals surface area contributed by atoms with Crippen LogP contribution in [0.4, 0.5) is 0 Å². The molecule has 24 heavy (non-hydrogen) atoms. The molecule has 7 nitrogen and oxygen atoms in total. The fourth-order valence-corrected chi connectivity index (χ4v) is 3.66. The van der Waals surface area contributed by atoms with Gasteiger partial charge in [-0.15, -0.1) is 0 Å². The third kappa shape index (κ3) is 3.60. The number of aromatic nitrogens is 2. The summed E-state index contributed by atoms with van der Waals surface area (Å²) in [6.07, 6.45) is 1.33. The Hall–Kier alpha value is -2.32. The highest BCUT2D eigenvalue weighted by Crippen LogP contribution is 2.21. The minimum Gasteiger partial charge on any atom is -0.372 e. The number of aryl methyl sites for hydroxylation is 2. The standard InChI is InChI=1S/C16H17N3O4S/c1-10-15(6-17-11(2)18-10)16(20)19-24(21,22)9-12-3-4-13-7-23-8-14(13)5-12/h3-6H,7-9H2,1-2H3,(H,19,20). The average molecular weight is 347 g/mol. The molecule has 0 saturated carbocycles. The molecule has 0 spiro atoms. The lowest BCUT2D eigenvalue weighted by atomic mass is 10.1. The zero-order valence-corrected chi connectivity index (χ0v) is 14.2. The van der Waals surface area contributed by atoms with E-state index in [0.717, 1.165) is 11.1 Å². The molecule has 0 fully saturated rings. The molecule has 1 aliphatic heterocycles. The number of amides is 1. The molecule has 1 aliphatic rings. The van der Waals surface area contributed by atoms with Crippen molar-refractivity contribution in [1.82, 2.24) is 14.7 Å². The van der Waals surface area contributed by atoms with Gasteiger partial charge in [0.25, 0.3) is 5.91 Å². The minimum atomic E-state index is -3.82. The lowest BCUT2D eigenvalue weighted by Crippen LogP contribution is -2.32. The van der Waals surface area contributed by atoms with Crippen LogP contribution in [0.15, 0.2) is 24.4 Å². The van der Waals surface area contributed by atoms with E-state index in [4.69, 9.17) is 4.74 Å². The molecule has 2 heterocycles. The van der Waals surface area contributed by atoms with Crippen molar-refractivity contribution in [3.63, 3.8) is 0 Å². The van der Waals surface area contributed by atoms with E-state index in [2.05, 4.69) is 14.7 Å². The molecule has 0 radical (unpaired) electrons. The third-order valence-corrected chi connectivity index (χ3v) is 4.94. The summed E-state index contributed by atoms with van der Waals surface area (Å²) in [5.41, 5.74) is 3.23. The van der Waals surface area contributed by atoms with E-state index in [1.807, 2.05) is 6.07 Å². The zero-order valence-electron chi connectivity index (χ0n) is 13.4. The first kappa shape index (κ1) is 16.5. The number of nitrogens with one attached hydrogen (secondary N) is 1. The number of carbonyl (C=O) groups is 1. The number of rotatable bonds is 4. The summed E-state index contributed by atoms with van der Waals surface area (Å²) in [5.74, 6) is -0.484. The minimum absolute atomic E-state index is 0.145. The monoisotopic (exact) mass is 347 g/mol. The summed E-state index contributed by atoms with van der Waals surface area (Å²) in [6.45, 7) is 4.36. The zero-order chi connectivity index (χ0) is 17.3. The van der Waals surface area contributed by atoms with Crippen LogP contribution in [0.1, 0.15) is 38.6 Å². The van der Waals surface area contributed by atoms with Gasteiger partial charge >= 0.3 is 0 Å². The number of nitrogens with zero attached hydrogens (tertiary/aromatic N) is 2. The van der Waals surface area contributed by atoms with Gasteiger partial charge in [-0.1, -0.05) is 18.2 Å². The number of sulfonamides is 1. The van der Waals surface area contributed by atoms with Crippen LogP contribution in [0, 0.1) is 13.8 Å². The number of hydrogen-bond donors (Lipinski definition) is 1. The molecule has 2 aromatic rings. The van der Waals surface area contributed by atoms with Gasteiger partial charge in [0.1, 0.15) is 5.82 Å². The largest absolute Gasteiger partial charge is 0.372 e. The first-order chi connectivity index (χ1) is 11.3. The summed E-state index contributed by atoms with van der Waals surface area (Å²) in [6, 6.07) is 5.39. The first-order valence-corrected chi connectivity index (χ1v) is 9.03. The van der Waals surface area contributed by atoms with E-state index in [1.54, 1.807) is 26.0 Å². The molecule has 8 heteroatoms. The predicted octanol–water partition coefficient (Wildman–Crippen LogP) is 1.38. The summed E-state index contributed by atoms with van der Waals surface area (Å²) < 4.78 is 31.9. The highest BCUT2D eigenvalue weighted by atomic mass is 32.2. The van der Waals surface area contributed by atoms with Gasteiger partial charge in [0.05, 0.1) is 30.2 Å². The Balaban J connectivity index is 1.75. The summed E-state index contributed by atoms with van der Waals surface area (Å²) in [4.78, 5) is 20.2. The Labute approximate surface area is 140 Å². The molecule has 126 valence electrons. The van der Waals surface area contributed by atoms with Crippen molar-refractivity contribution in [2.45, 2.75) is 32.8 Å². The van der Waals surface area contributed by atoms with Crippen molar-refractivity contribution in [3.05, 3.63) is 58.2 Å². The van der Waals surface area contributed by atoms with Crippen molar-refractivity contribution in [2.24, 2.45) is 0 Å². The van der Waals surface area contributed by atoms with E-state index >= 15 is 0 Å². The molecule has 1 amide bonds. The Morgan fingerprint density at radius 2 is 2.00 bits per heavy atom. The topological polar surface area (TPSA) is 98.2 Å². The van der Waals surface area contributed by atoms with Crippen molar-refractivity contribution in [1.29, 1.82) is 0 Å². The third-order valence-electron chi connectivity index (χ3n) is 3.74. The first-order valence-electron chi connectivity index (χ1n) is 7.37. The lowest BCUT2D eigenvalue weighted by Gasteiger charge is -2.09. The van der Waals surface area contributed by atoms with Crippen LogP contribution in [-0.4, -0.2) is 24.3 Å². The molecule has 0 unspecified atom stereocenters. The molecule has 0 atom stereocenters. The predicted molar refractivity (Wildman–Crippen MR) is 86.5 cm³/mol. The van der Waals surface area contributed by atoms with E-state index < -0.39 is 15.9 Å². The van der Waals surface area contributed by atoms with Gasteiger partial charge in [-0.25, -0.2) is 23.1 Å². The Morgan fingerprint density at radius 1 is 1.25 bits per heavy atom. The molecular formula is C16H17N3O4S. The van der Waals surface area contributed by atoms with Crippen LogP contribution in [0.25, 0.3) is 0 Å². The number of fused-ring (bicyclic) bond motifs is 1. The van der Waals surface area contributed by atoms with Crippen LogP contribution in [0.5, 0.6) is 0 Å². The lowest BCUT2D eigenvalue weighted by molar-refractivity contribution is 0.0980. The highest BCUT2D eigenvalue weighted by molar-refractivity contribution is 7.89. The smallest absolute Gasteiger partial charge is 0.268 e. The van der Waals surface area contributed by atoms with Crippen molar-refractivity contribution in [2.75, 3.05) is 0 Å². The van der Waals surface area contributed by atoms with E-state index in [1.165, 1.54) is 6.20 Å². The number of ether oxygens (including phenoxy) is 1. The molecule has 0 aliphatic carbocycles. The molecule has 0 bridgehead atoms. The number of benzene rings is 1. The summed E-state index contributed by atoms with van der Waals surface area (Å²) in [5, 5.41) is 0. The Bertz CT molecular complexity index is 910. The van der Waals surface area contributed by atoms with Gasteiger partial charge < -0.3 is 4.74 Å². The van der Waals surface area contributed by atoms with Gasteiger partial charge in [0.2, 0.25) is 10.0 Å². The quantitative estimate of drug-likeness (QED) is 0.897. The van der Waals surface area contributed by atoms with Crippen LogP contribution in [0.3, 0.4) is 0 Å². The van der Waals surface area contributed by atoms with E-state index in [0.29, 0.717) is 30.3 Å². The number of carbonyl (C=O) groups excluding carboxylic acids is 1. The van der Waals surface area contributed by atoms with Crippen molar-refractivity contribution >= 4 is 15.9 Å². The van der Waals surface area contributed by atoms with Gasteiger partial charge in [0, 0.05) is 6.20 Å². The molecule has 1 aromatic heterocycles. The second kappa shape index (κ2) is 6.29. The SMILES string of the molecule is Cc1ncc(C(=O)NS(=O)(=O)Cc2ccc3c(c2)COC3)c(C)n1. The maximum atomic E-state index is 12.3. The van der Waals surface area contributed by atoms with Crippen LogP contribution in [-0.2, 0) is 33.7 Å². The normalized spacial score (nSPS) is 13.6. The molecule has 0 saturated heterocycles. The maximum Gasteiger partial charge on any atom is 0.268 e. The van der Waals surface area contributed by atoms with Crippen molar-refractivity contribution in [3.8, 4) is 0 Å². The highest BCUT2D eigenvalue weighted by Gasteiger charge is 2.20. The second-order valence-electron chi connectivity index (χ2n) is 5.70. The number of hydrogen-bond acceptors (Lipinski definition) is 6. The second-order valence-corrected chi connectivity index (χ2v) is 7.42. The van der Waals surface area contributed by atoms with Crippen LogP contribution < -0.4 is 4.72 Å². The maximum absolute atomic E-state index is 12.3. The van der Waals surface area contributed by atoms with E-state index in [9.17, 15) is 13.2 Å².